The molecule has 4 nitrogen and oxygen atoms in total. The number of hydrogen-bond donors (Lipinski definition) is 0. The van der Waals surface area contributed by atoms with E-state index in [0.29, 0.717) is 5.89 Å². The van der Waals surface area contributed by atoms with Crippen LogP contribution in [0.2, 0.25) is 0 Å². The van der Waals surface area contributed by atoms with E-state index in [-0.39, 0.29) is 0 Å². The lowest BCUT2D eigenvalue weighted by Crippen LogP contribution is -2.09. The third-order valence-corrected chi connectivity index (χ3v) is 3.26. The van der Waals surface area contributed by atoms with Gasteiger partial charge in [0.1, 0.15) is 0 Å². The van der Waals surface area contributed by atoms with Crippen molar-refractivity contribution in [2.75, 3.05) is 14.1 Å². The van der Waals surface area contributed by atoms with Crippen LogP contribution in [-0.4, -0.2) is 29.1 Å². The van der Waals surface area contributed by atoms with Crippen LogP contribution in [0.25, 0.3) is 10.8 Å². The highest BCUT2D eigenvalue weighted by Crippen LogP contribution is 2.30. The van der Waals surface area contributed by atoms with Crippen LogP contribution in [0, 0.1) is 6.92 Å². The molecule has 0 spiro atoms. The van der Waals surface area contributed by atoms with Gasteiger partial charge >= 0.3 is 0 Å². The first-order chi connectivity index (χ1) is 7.16. The van der Waals surface area contributed by atoms with E-state index in [0.717, 1.165) is 11.4 Å². The van der Waals surface area contributed by atoms with E-state index in [1.165, 1.54) is 16.8 Å². The van der Waals surface area contributed by atoms with Gasteiger partial charge in [0, 0.05) is 11.4 Å². The minimum Gasteiger partial charge on any atom is -0.333 e. The number of aryl methyl sites for hydroxylation is 1. The molecule has 0 fully saturated rings. The maximum absolute atomic E-state index is 5.03. The van der Waals surface area contributed by atoms with Crippen molar-refractivity contribution in [1.82, 2.24) is 15.0 Å². The number of thiophene rings is 1. The first kappa shape index (κ1) is 10.3. The lowest BCUT2D eigenvalue weighted by molar-refractivity contribution is 0.405. The third-order valence-electron chi connectivity index (χ3n) is 2.05. The Morgan fingerprint density at radius 3 is 2.87 bits per heavy atom. The summed E-state index contributed by atoms with van der Waals surface area (Å²) < 4.78 is 5.03. The van der Waals surface area contributed by atoms with Crippen LogP contribution < -0.4 is 0 Å². The van der Waals surface area contributed by atoms with Crippen LogP contribution in [0.5, 0.6) is 0 Å². The van der Waals surface area contributed by atoms with Gasteiger partial charge in [0.15, 0.2) is 6.33 Å². The van der Waals surface area contributed by atoms with Gasteiger partial charge in [-0.15, -0.1) is 11.3 Å². The lowest BCUT2D eigenvalue weighted by Gasteiger charge is -2.07. The smallest absolute Gasteiger partial charge is 0.267 e. The standard InChI is InChI=1S/C10H13N3OS/c1-7-4-8(10-11-6-12-14-10)15-9(7)5-13(2)3/h4,6H,5H2,1-3H3. The van der Waals surface area contributed by atoms with Crippen molar-refractivity contribution < 1.29 is 4.52 Å². The van der Waals surface area contributed by atoms with Crippen molar-refractivity contribution in [3.05, 3.63) is 22.8 Å². The summed E-state index contributed by atoms with van der Waals surface area (Å²) in [5, 5.41) is 3.61. The Labute approximate surface area is 92.5 Å². The first-order valence-corrected chi connectivity index (χ1v) is 5.49. The predicted octanol–water partition coefficient (Wildman–Crippen LogP) is 2.17. The molecule has 80 valence electrons. The van der Waals surface area contributed by atoms with Crippen LogP contribution in [0.1, 0.15) is 10.4 Å². The second-order valence-electron chi connectivity index (χ2n) is 3.70. The van der Waals surface area contributed by atoms with Gasteiger partial charge in [-0.25, -0.2) is 0 Å². The average Bonchev–Trinajstić information content (AvgIpc) is 2.75. The molecule has 2 aromatic heterocycles. The molecular weight excluding hydrogens is 210 g/mol. The van der Waals surface area contributed by atoms with Crippen molar-refractivity contribution in [2.24, 2.45) is 0 Å². The average molecular weight is 223 g/mol. The number of hydrogen-bond acceptors (Lipinski definition) is 5. The van der Waals surface area contributed by atoms with Crippen LogP contribution in [0.15, 0.2) is 16.9 Å². The molecule has 2 heterocycles. The molecule has 0 aliphatic rings. The van der Waals surface area contributed by atoms with Crippen LogP contribution in [0.3, 0.4) is 0 Å². The highest BCUT2D eigenvalue weighted by Gasteiger charge is 2.11. The highest BCUT2D eigenvalue weighted by atomic mass is 32.1. The molecule has 0 saturated carbocycles. The molecule has 0 saturated heterocycles. The molecule has 0 bridgehead atoms. The van der Waals surface area contributed by atoms with Crippen molar-refractivity contribution in [3.63, 3.8) is 0 Å². The fraction of sp³-hybridized carbons (Fsp3) is 0.400. The van der Waals surface area contributed by atoms with Crippen molar-refractivity contribution in [3.8, 4) is 10.8 Å². The molecular formula is C10H13N3OS. The Morgan fingerprint density at radius 1 is 1.47 bits per heavy atom. The topological polar surface area (TPSA) is 42.2 Å². The quantitative estimate of drug-likeness (QED) is 0.799. The Balaban J connectivity index is 2.29. The van der Waals surface area contributed by atoms with E-state index in [9.17, 15) is 0 Å². The van der Waals surface area contributed by atoms with E-state index in [1.54, 1.807) is 11.3 Å². The summed E-state index contributed by atoms with van der Waals surface area (Å²) in [5.74, 6) is 0.605. The van der Waals surface area contributed by atoms with Gasteiger partial charge < -0.3 is 9.42 Å². The Kier molecular flexibility index (Phi) is 2.83. The van der Waals surface area contributed by atoms with Gasteiger partial charge in [0.25, 0.3) is 5.89 Å². The molecule has 5 heteroatoms. The summed E-state index contributed by atoms with van der Waals surface area (Å²) >= 11 is 1.71. The summed E-state index contributed by atoms with van der Waals surface area (Å²) in [4.78, 5) is 8.57. The maximum Gasteiger partial charge on any atom is 0.267 e. The number of nitrogens with zero attached hydrogens (tertiary/aromatic N) is 3. The number of aromatic nitrogens is 2. The van der Waals surface area contributed by atoms with E-state index >= 15 is 0 Å². The normalized spacial score (nSPS) is 11.2. The molecule has 0 amide bonds. The second-order valence-corrected chi connectivity index (χ2v) is 4.84. The minimum absolute atomic E-state index is 0.605. The zero-order chi connectivity index (χ0) is 10.8. The van der Waals surface area contributed by atoms with Gasteiger partial charge in [-0.3, -0.25) is 0 Å². The van der Waals surface area contributed by atoms with E-state index < -0.39 is 0 Å². The van der Waals surface area contributed by atoms with Gasteiger partial charge in [-0.1, -0.05) is 5.16 Å². The molecule has 0 unspecified atom stereocenters. The van der Waals surface area contributed by atoms with Gasteiger partial charge in [-0.05, 0) is 32.6 Å². The lowest BCUT2D eigenvalue weighted by atomic mass is 10.2. The Hall–Kier alpha value is -1.20. The fourth-order valence-corrected chi connectivity index (χ4v) is 2.57. The zero-order valence-corrected chi connectivity index (χ0v) is 9.84. The molecule has 2 aromatic rings. The van der Waals surface area contributed by atoms with Gasteiger partial charge in [-0.2, -0.15) is 4.98 Å². The SMILES string of the molecule is Cc1cc(-c2ncno2)sc1CN(C)C. The monoisotopic (exact) mass is 223 g/mol. The van der Waals surface area contributed by atoms with E-state index in [1.807, 2.05) is 0 Å². The van der Waals surface area contributed by atoms with Crippen LogP contribution in [-0.2, 0) is 6.54 Å². The summed E-state index contributed by atoms with van der Waals surface area (Å²) in [6.45, 7) is 3.06. The van der Waals surface area contributed by atoms with Crippen molar-refractivity contribution in [1.29, 1.82) is 0 Å². The molecule has 0 N–H and O–H groups in total. The molecule has 15 heavy (non-hydrogen) atoms. The van der Waals surface area contributed by atoms with Crippen LogP contribution in [0.4, 0.5) is 0 Å². The summed E-state index contributed by atoms with van der Waals surface area (Å²) in [7, 11) is 4.12. The second kappa shape index (κ2) is 4.12. The van der Waals surface area contributed by atoms with Crippen LogP contribution >= 0.6 is 11.3 Å². The van der Waals surface area contributed by atoms with Crippen molar-refractivity contribution in [2.45, 2.75) is 13.5 Å². The summed E-state index contributed by atoms with van der Waals surface area (Å²) in [5.41, 5.74) is 1.28. The zero-order valence-electron chi connectivity index (χ0n) is 9.02. The third kappa shape index (κ3) is 2.24. The number of rotatable bonds is 3. The Morgan fingerprint density at radius 2 is 2.27 bits per heavy atom. The van der Waals surface area contributed by atoms with E-state index in [4.69, 9.17) is 4.52 Å². The largest absolute Gasteiger partial charge is 0.333 e. The summed E-state index contributed by atoms with van der Waals surface area (Å²) in [6, 6.07) is 2.09. The Bertz CT molecular complexity index is 433. The van der Waals surface area contributed by atoms with Gasteiger partial charge in [0.2, 0.25) is 0 Å². The molecule has 0 aliphatic carbocycles. The molecule has 2 rings (SSSR count). The molecule has 0 radical (unpaired) electrons. The van der Waals surface area contributed by atoms with Crippen molar-refractivity contribution >= 4 is 11.3 Å². The highest BCUT2D eigenvalue weighted by molar-refractivity contribution is 7.15. The molecule has 0 atom stereocenters. The predicted molar refractivity (Wildman–Crippen MR) is 59.7 cm³/mol. The molecule has 0 aromatic carbocycles. The van der Waals surface area contributed by atoms with Gasteiger partial charge in [0.05, 0.1) is 4.88 Å². The first-order valence-electron chi connectivity index (χ1n) is 4.68. The summed E-state index contributed by atoms with van der Waals surface area (Å²) in [6.07, 6.45) is 1.43. The maximum atomic E-state index is 5.03. The molecule has 0 aliphatic heterocycles. The minimum atomic E-state index is 0.605. The fourth-order valence-electron chi connectivity index (χ4n) is 1.35. The van der Waals surface area contributed by atoms with E-state index in [2.05, 4.69) is 42.1 Å².